The lowest BCUT2D eigenvalue weighted by molar-refractivity contribution is 0.595. The van der Waals surface area contributed by atoms with E-state index in [0.29, 0.717) is 11.6 Å². The molecule has 1 heterocycles. The molecule has 4 nitrogen and oxygen atoms in total. The number of nitrogens with one attached hydrogen (secondary N) is 2. The molecule has 1 aromatic heterocycles. The molecule has 18 heavy (non-hydrogen) atoms. The second-order valence-electron chi connectivity index (χ2n) is 3.76. The lowest BCUT2D eigenvalue weighted by Crippen LogP contribution is -2.09. The van der Waals surface area contributed by atoms with Gasteiger partial charge in [-0.05, 0) is 30.7 Å². The lowest BCUT2D eigenvalue weighted by atomic mass is 10.2. The van der Waals surface area contributed by atoms with Crippen molar-refractivity contribution in [2.24, 2.45) is 5.84 Å². The van der Waals surface area contributed by atoms with Crippen LogP contribution in [-0.2, 0) is 0 Å². The van der Waals surface area contributed by atoms with Crippen LogP contribution in [0, 0.1) is 18.6 Å². The fraction of sp³-hybridized carbons (Fsp3) is 0.0833. The van der Waals surface area contributed by atoms with Gasteiger partial charge in [0.2, 0.25) is 0 Å². The number of benzene rings is 1. The summed E-state index contributed by atoms with van der Waals surface area (Å²) in [6.45, 7) is 1.50. The molecule has 0 unspecified atom stereocenters. The number of hydrazine groups is 1. The number of hydrogen-bond donors (Lipinski definition) is 3. The van der Waals surface area contributed by atoms with Gasteiger partial charge in [-0.3, -0.25) is 0 Å². The van der Waals surface area contributed by atoms with Gasteiger partial charge in [-0.15, -0.1) is 0 Å². The van der Waals surface area contributed by atoms with Crippen LogP contribution in [0.3, 0.4) is 0 Å². The molecule has 2 aromatic rings. The molecule has 1 aromatic carbocycles. The molecule has 0 aliphatic heterocycles. The van der Waals surface area contributed by atoms with Crippen LogP contribution in [0.15, 0.2) is 30.3 Å². The highest BCUT2D eigenvalue weighted by Gasteiger charge is 2.08. The fourth-order valence-electron chi connectivity index (χ4n) is 1.46. The summed E-state index contributed by atoms with van der Waals surface area (Å²) >= 11 is 0. The number of anilines is 3. The van der Waals surface area contributed by atoms with Gasteiger partial charge >= 0.3 is 0 Å². The summed E-state index contributed by atoms with van der Waals surface area (Å²) in [6, 6.07) is 7.18. The van der Waals surface area contributed by atoms with Crippen molar-refractivity contribution in [2.75, 3.05) is 10.7 Å². The SMILES string of the molecule is Cc1cc(F)c(Nc2cccc(NN)n2)cc1F. The van der Waals surface area contributed by atoms with Crippen molar-refractivity contribution in [1.29, 1.82) is 0 Å². The Labute approximate surface area is 103 Å². The Morgan fingerprint density at radius 3 is 2.56 bits per heavy atom. The summed E-state index contributed by atoms with van der Waals surface area (Å²) in [5, 5.41) is 2.69. The second kappa shape index (κ2) is 4.97. The number of aryl methyl sites for hydroxylation is 1. The summed E-state index contributed by atoms with van der Waals surface area (Å²) in [5.41, 5.74) is 2.65. The third-order valence-corrected chi connectivity index (χ3v) is 2.41. The number of nitrogen functional groups attached to an aromatic ring is 1. The maximum Gasteiger partial charge on any atom is 0.147 e. The first-order valence-electron chi connectivity index (χ1n) is 5.26. The van der Waals surface area contributed by atoms with E-state index in [2.05, 4.69) is 15.7 Å². The molecular weight excluding hydrogens is 238 g/mol. The van der Waals surface area contributed by atoms with Crippen LogP contribution in [0.25, 0.3) is 0 Å². The minimum absolute atomic E-state index is 0.0276. The zero-order chi connectivity index (χ0) is 13.1. The summed E-state index contributed by atoms with van der Waals surface area (Å²) in [5.74, 6) is 4.98. The first-order chi connectivity index (χ1) is 8.60. The number of pyridine rings is 1. The van der Waals surface area contributed by atoms with Crippen molar-refractivity contribution in [2.45, 2.75) is 6.92 Å². The molecule has 0 fully saturated rings. The number of nitrogens with two attached hydrogens (primary N) is 1. The minimum Gasteiger partial charge on any atom is -0.338 e. The van der Waals surface area contributed by atoms with E-state index in [1.54, 1.807) is 18.2 Å². The Morgan fingerprint density at radius 2 is 1.83 bits per heavy atom. The predicted octanol–water partition coefficient (Wildman–Crippen LogP) is 2.70. The summed E-state index contributed by atoms with van der Waals surface area (Å²) in [4.78, 5) is 4.04. The van der Waals surface area contributed by atoms with Gasteiger partial charge in [-0.2, -0.15) is 0 Å². The Balaban J connectivity index is 2.30. The largest absolute Gasteiger partial charge is 0.338 e. The van der Waals surface area contributed by atoms with E-state index in [-0.39, 0.29) is 11.3 Å². The predicted molar refractivity (Wildman–Crippen MR) is 66.4 cm³/mol. The number of hydrogen-bond acceptors (Lipinski definition) is 4. The molecule has 0 radical (unpaired) electrons. The highest BCUT2D eigenvalue weighted by Crippen LogP contribution is 2.22. The van der Waals surface area contributed by atoms with Crippen LogP contribution in [0.2, 0.25) is 0 Å². The zero-order valence-electron chi connectivity index (χ0n) is 9.67. The summed E-state index contributed by atoms with van der Waals surface area (Å²) in [7, 11) is 0. The number of aromatic nitrogens is 1. The molecule has 0 saturated carbocycles. The highest BCUT2D eigenvalue weighted by molar-refractivity contribution is 5.59. The molecule has 94 valence electrons. The quantitative estimate of drug-likeness (QED) is 0.579. The molecule has 6 heteroatoms. The Hall–Kier alpha value is -2.21. The fourth-order valence-corrected chi connectivity index (χ4v) is 1.46. The lowest BCUT2D eigenvalue weighted by Gasteiger charge is -2.09. The molecule has 0 amide bonds. The monoisotopic (exact) mass is 250 g/mol. The van der Waals surface area contributed by atoms with Gasteiger partial charge in [0.15, 0.2) is 0 Å². The smallest absolute Gasteiger partial charge is 0.147 e. The minimum atomic E-state index is -0.540. The standard InChI is InChI=1S/C12H12F2N4/c1-7-5-9(14)10(6-8(7)13)16-11-3-2-4-12(17-11)18-15/h2-6H,15H2,1H3,(H2,16,17,18). The topological polar surface area (TPSA) is 63.0 Å². The van der Waals surface area contributed by atoms with Gasteiger partial charge in [0, 0.05) is 6.07 Å². The number of rotatable bonds is 3. The van der Waals surface area contributed by atoms with Gasteiger partial charge in [0.05, 0.1) is 5.69 Å². The maximum absolute atomic E-state index is 13.6. The first kappa shape index (κ1) is 12.3. The maximum atomic E-state index is 13.6. The van der Waals surface area contributed by atoms with Crippen LogP contribution >= 0.6 is 0 Å². The molecule has 0 atom stereocenters. The van der Waals surface area contributed by atoms with Crippen molar-refractivity contribution in [1.82, 2.24) is 4.98 Å². The molecule has 0 aliphatic rings. The molecule has 2 rings (SSSR count). The summed E-state index contributed by atoms with van der Waals surface area (Å²) < 4.78 is 26.9. The number of halogens is 2. The van der Waals surface area contributed by atoms with E-state index < -0.39 is 11.6 Å². The average Bonchev–Trinajstić information content (AvgIpc) is 2.36. The van der Waals surface area contributed by atoms with Crippen LogP contribution in [0.5, 0.6) is 0 Å². The van der Waals surface area contributed by atoms with E-state index in [4.69, 9.17) is 5.84 Å². The molecule has 4 N–H and O–H groups in total. The molecular formula is C12H12F2N4. The first-order valence-corrected chi connectivity index (χ1v) is 5.26. The van der Waals surface area contributed by atoms with Crippen LogP contribution in [0.1, 0.15) is 5.56 Å². The Morgan fingerprint density at radius 1 is 1.11 bits per heavy atom. The van der Waals surface area contributed by atoms with Gasteiger partial charge in [0.1, 0.15) is 23.3 Å². The van der Waals surface area contributed by atoms with E-state index >= 15 is 0 Å². The molecule has 0 bridgehead atoms. The molecule has 0 aliphatic carbocycles. The van der Waals surface area contributed by atoms with Gasteiger partial charge in [-0.25, -0.2) is 19.6 Å². The van der Waals surface area contributed by atoms with Crippen LogP contribution in [-0.4, -0.2) is 4.98 Å². The number of nitrogens with zero attached hydrogens (tertiary/aromatic N) is 1. The van der Waals surface area contributed by atoms with E-state index in [9.17, 15) is 8.78 Å². The van der Waals surface area contributed by atoms with Crippen molar-refractivity contribution < 1.29 is 8.78 Å². The highest BCUT2D eigenvalue weighted by atomic mass is 19.1. The van der Waals surface area contributed by atoms with Gasteiger partial charge in [-0.1, -0.05) is 6.07 Å². The van der Waals surface area contributed by atoms with Crippen LogP contribution < -0.4 is 16.6 Å². The Kier molecular flexibility index (Phi) is 3.38. The molecule has 0 saturated heterocycles. The van der Waals surface area contributed by atoms with Crippen LogP contribution in [0.4, 0.5) is 26.1 Å². The van der Waals surface area contributed by atoms with Crippen molar-refractivity contribution in [3.8, 4) is 0 Å². The van der Waals surface area contributed by atoms with E-state index in [1.807, 2.05) is 0 Å². The zero-order valence-corrected chi connectivity index (χ0v) is 9.67. The van der Waals surface area contributed by atoms with Crippen molar-refractivity contribution in [3.63, 3.8) is 0 Å². The van der Waals surface area contributed by atoms with Gasteiger partial charge in [0.25, 0.3) is 0 Å². The second-order valence-corrected chi connectivity index (χ2v) is 3.76. The third kappa shape index (κ3) is 2.54. The summed E-state index contributed by atoms with van der Waals surface area (Å²) in [6.07, 6.45) is 0. The van der Waals surface area contributed by atoms with E-state index in [0.717, 1.165) is 12.1 Å². The third-order valence-electron chi connectivity index (χ3n) is 2.41. The van der Waals surface area contributed by atoms with Crippen molar-refractivity contribution in [3.05, 3.63) is 47.5 Å². The van der Waals surface area contributed by atoms with Gasteiger partial charge < -0.3 is 10.7 Å². The molecule has 0 spiro atoms. The van der Waals surface area contributed by atoms with Crippen molar-refractivity contribution >= 4 is 17.3 Å². The van der Waals surface area contributed by atoms with E-state index in [1.165, 1.54) is 6.92 Å². The average molecular weight is 250 g/mol. The Bertz CT molecular complexity index is 572. The normalized spacial score (nSPS) is 10.2.